The van der Waals surface area contributed by atoms with Crippen LogP contribution in [0.25, 0.3) is 0 Å². The average molecular weight is 385 g/mol. The molecule has 1 heterocycles. The Morgan fingerprint density at radius 1 is 1.21 bits per heavy atom. The van der Waals surface area contributed by atoms with E-state index in [2.05, 4.69) is 33.0 Å². The Hall–Kier alpha value is -2.83. The van der Waals surface area contributed by atoms with Crippen LogP contribution in [0, 0.1) is 19.8 Å². The van der Waals surface area contributed by atoms with Crippen molar-refractivity contribution in [2.24, 2.45) is 18.0 Å². The molecule has 2 aromatic rings. The van der Waals surface area contributed by atoms with E-state index in [1.807, 2.05) is 56.8 Å². The van der Waals surface area contributed by atoms with Crippen molar-refractivity contribution >= 4 is 17.6 Å². The summed E-state index contributed by atoms with van der Waals surface area (Å²) in [4.78, 5) is 16.2. The van der Waals surface area contributed by atoms with Gasteiger partial charge in [-0.15, -0.1) is 0 Å². The normalized spacial score (nSPS) is 11.6. The molecule has 0 saturated heterocycles. The second-order valence-corrected chi connectivity index (χ2v) is 7.40. The molecule has 0 unspecified atom stereocenters. The molecule has 0 fully saturated rings. The number of nitrogens with zero attached hydrogens (tertiary/aromatic N) is 3. The van der Waals surface area contributed by atoms with Crippen LogP contribution < -0.4 is 16.0 Å². The number of amides is 1. The van der Waals surface area contributed by atoms with Crippen LogP contribution in [0.2, 0.25) is 0 Å². The molecular weight excluding hydrogens is 352 g/mol. The lowest BCUT2D eigenvalue weighted by Gasteiger charge is -2.13. The fourth-order valence-electron chi connectivity index (χ4n) is 2.99. The van der Waals surface area contributed by atoms with Crippen molar-refractivity contribution < 1.29 is 4.79 Å². The predicted octanol–water partition coefficient (Wildman–Crippen LogP) is 2.89. The number of benzene rings is 1. The van der Waals surface area contributed by atoms with Crippen LogP contribution in [0.4, 0.5) is 5.69 Å². The summed E-state index contributed by atoms with van der Waals surface area (Å²) in [7, 11) is 3.70. The molecule has 2 rings (SSSR count). The van der Waals surface area contributed by atoms with Gasteiger partial charge in [-0.05, 0) is 37.5 Å². The summed E-state index contributed by atoms with van der Waals surface area (Å²) >= 11 is 0. The van der Waals surface area contributed by atoms with Crippen molar-refractivity contribution in [3.63, 3.8) is 0 Å². The van der Waals surface area contributed by atoms with Gasteiger partial charge in [0.15, 0.2) is 5.96 Å². The summed E-state index contributed by atoms with van der Waals surface area (Å²) in [5.74, 6) is 1.10. The van der Waals surface area contributed by atoms with E-state index in [-0.39, 0.29) is 5.91 Å². The number of aliphatic imine (C=N–C) groups is 1. The molecule has 1 aromatic carbocycles. The number of carbonyl (C=O) groups excluding carboxylic acids is 1. The first-order chi connectivity index (χ1) is 13.3. The van der Waals surface area contributed by atoms with E-state index < -0.39 is 0 Å². The van der Waals surface area contributed by atoms with Crippen molar-refractivity contribution in [2.75, 3.05) is 12.4 Å². The molecule has 152 valence electrons. The largest absolute Gasteiger partial charge is 0.352 e. The predicted molar refractivity (Wildman–Crippen MR) is 114 cm³/mol. The number of hydrogen-bond donors (Lipinski definition) is 3. The van der Waals surface area contributed by atoms with Gasteiger partial charge < -0.3 is 16.0 Å². The van der Waals surface area contributed by atoms with E-state index in [4.69, 9.17) is 0 Å². The maximum absolute atomic E-state index is 12.0. The molecule has 0 aliphatic heterocycles. The number of anilines is 1. The number of rotatable bonds is 7. The topological polar surface area (TPSA) is 83.3 Å². The van der Waals surface area contributed by atoms with Gasteiger partial charge in [-0.3, -0.25) is 14.5 Å². The molecule has 0 radical (unpaired) electrons. The van der Waals surface area contributed by atoms with Gasteiger partial charge in [0.25, 0.3) is 0 Å². The first kappa shape index (κ1) is 21.5. The fraction of sp³-hybridized carbons (Fsp3) is 0.476. The van der Waals surface area contributed by atoms with Gasteiger partial charge in [-0.2, -0.15) is 5.10 Å². The minimum absolute atomic E-state index is 0.0415. The summed E-state index contributed by atoms with van der Waals surface area (Å²) < 4.78 is 1.89. The van der Waals surface area contributed by atoms with Gasteiger partial charge in [-0.1, -0.05) is 26.0 Å². The SMILES string of the molecule is CN=C(NCc1cccc(NC(=O)CC(C)C)c1)NCc1c(C)nn(C)c1C. The van der Waals surface area contributed by atoms with Gasteiger partial charge in [0, 0.05) is 50.6 Å². The lowest BCUT2D eigenvalue weighted by Crippen LogP contribution is -2.36. The molecule has 1 aromatic heterocycles. The summed E-state index contributed by atoms with van der Waals surface area (Å²) in [6.07, 6.45) is 0.520. The Morgan fingerprint density at radius 2 is 1.93 bits per heavy atom. The van der Waals surface area contributed by atoms with Gasteiger partial charge in [0.05, 0.1) is 5.69 Å². The molecule has 7 nitrogen and oxygen atoms in total. The molecule has 0 aliphatic rings. The van der Waals surface area contributed by atoms with Crippen LogP contribution in [-0.4, -0.2) is 28.7 Å². The highest BCUT2D eigenvalue weighted by Gasteiger charge is 2.10. The number of aryl methyl sites for hydroxylation is 2. The number of hydrogen-bond acceptors (Lipinski definition) is 3. The van der Waals surface area contributed by atoms with E-state index in [9.17, 15) is 4.79 Å². The zero-order valence-corrected chi connectivity index (χ0v) is 17.8. The highest BCUT2D eigenvalue weighted by Crippen LogP contribution is 2.13. The van der Waals surface area contributed by atoms with E-state index in [0.717, 1.165) is 28.6 Å². The summed E-state index contributed by atoms with van der Waals surface area (Å²) in [5.41, 5.74) is 5.23. The quantitative estimate of drug-likeness (QED) is 0.506. The zero-order chi connectivity index (χ0) is 20.7. The zero-order valence-electron chi connectivity index (χ0n) is 17.8. The van der Waals surface area contributed by atoms with Crippen LogP contribution in [-0.2, 0) is 24.9 Å². The summed E-state index contributed by atoms with van der Waals surface area (Å²) in [6.45, 7) is 9.42. The summed E-state index contributed by atoms with van der Waals surface area (Å²) in [5, 5.41) is 14.0. The molecule has 7 heteroatoms. The summed E-state index contributed by atoms with van der Waals surface area (Å²) in [6, 6.07) is 7.85. The molecule has 0 spiro atoms. The van der Waals surface area contributed by atoms with E-state index in [0.29, 0.717) is 25.4 Å². The van der Waals surface area contributed by atoms with Crippen LogP contribution in [0.3, 0.4) is 0 Å². The third-order valence-corrected chi connectivity index (χ3v) is 4.58. The Bertz CT molecular complexity index is 837. The molecule has 1 amide bonds. The first-order valence-electron chi connectivity index (χ1n) is 9.62. The molecule has 3 N–H and O–H groups in total. The molecule has 0 atom stereocenters. The highest BCUT2D eigenvalue weighted by molar-refractivity contribution is 5.90. The van der Waals surface area contributed by atoms with Crippen LogP contribution in [0.5, 0.6) is 0 Å². The van der Waals surface area contributed by atoms with E-state index >= 15 is 0 Å². The number of nitrogens with one attached hydrogen (secondary N) is 3. The van der Waals surface area contributed by atoms with Crippen molar-refractivity contribution in [1.82, 2.24) is 20.4 Å². The Morgan fingerprint density at radius 3 is 2.54 bits per heavy atom. The number of carbonyl (C=O) groups is 1. The molecule has 0 bridgehead atoms. The van der Waals surface area contributed by atoms with Gasteiger partial charge in [0.1, 0.15) is 0 Å². The van der Waals surface area contributed by atoms with Crippen molar-refractivity contribution in [3.05, 3.63) is 46.8 Å². The van der Waals surface area contributed by atoms with E-state index in [1.54, 1.807) is 7.05 Å². The number of guanidine groups is 1. The second-order valence-electron chi connectivity index (χ2n) is 7.40. The van der Waals surface area contributed by atoms with Gasteiger partial charge in [-0.25, -0.2) is 0 Å². The lowest BCUT2D eigenvalue weighted by molar-refractivity contribution is -0.116. The lowest BCUT2D eigenvalue weighted by atomic mass is 10.1. The van der Waals surface area contributed by atoms with Crippen LogP contribution >= 0.6 is 0 Å². The fourth-order valence-corrected chi connectivity index (χ4v) is 2.99. The standard InChI is InChI=1S/C21H32N6O/c1-14(2)10-20(28)25-18-9-7-8-17(11-18)12-23-21(22-5)24-13-19-15(3)26-27(6)16(19)4/h7-9,11,14H,10,12-13H2,1-6H3,(H,25,28)(H2,22,23,24). The maximum Gasteiger partial charge on any atom is 0.224 e. The minimum atomic E-state index is 0.0415. The number of aromatic nitrogens is 2. The van der Waals surface area contributed by atoms with Crippen molar-refractivity contribution in [1.29, 1.82) is 0 Å². The first-order valence-corrected chi connectivity index (χ1v) is 9.62. The minimum Gasteiger partial charge on any atom is -0.352 e. The van der Waals surface area contributed by atoms with Crippen LogP contribution in [0.1, 0.15) is 42.8 Å². The average Bonchev–Trinajstić information content (AvgIpc) is 2.87. The van der Waals surface area contributed by atoms with E-state index in [1.165, 1.54) is 5.56 Å². The second kappa shape index (κ2) is 9.92. The smallest absolute Gasteiger partial charge is 0.224 e. The van der Waals surface area contributed by atoms with Crippen molar-refractivity contribution in [3.8, 4) is 0 Å². The third-order valence-electron chi connectivity index (χ3n) is 4.58. The maximum atomic E-state index is 12.0. The van der Waals surface area contributed by atoms with Gasteiger partial charge >= 0.3 is 0 Å². The third kappa shape index (κ3) is 6.11. The highest BCUT2D eigenvalue weighted by atomic mass is 16.1. The van der Waals surface area contributed by atoms with Gasteiger partial charge in [0.2, 0.25) is 5.91 Å². The molecule has 0 aliphatic carbocycles. The monoisotopic (exact) mass is 384 g/mol. The Labute approximate surface area is 167 Å². The molecule has 0 saturated carbocycles. The van der Waals surface area contributed by atoms with Crippen molar-refractivity contribution in [2.45, 2.75) is 47.2 Å². The van der Waals surface area contributed by atoms with Crippen LogP contribution in [0.15, 0.2) is 29.3 Å². The molecule has 28 heavy (non-hydrogen) atoms. The Balaban J connectivity index is 1.91. The molecular formula is C21H32N6O. The Kier molecular flexibility index (Phi) is 7.61.